The van der Waals surface area contributed by atoms with Gasteiger partial charge in [0.25, 0.3) is 0 Å². The van der Waals surface area contributed by atoms with Gasteiger partial charge in [0, 0.05) is 55.3 Å². The summed E-state index contributed by atoms with van der Waals surface area (Å²) in [5.74, 6) is 0. The topological polar surface area (TPSA) is 0 Å². The van der Waals surface area contributed by atoms with E-state index in [1.807, 2.05) is 0 Å². The Kier molecular flexibility index (Phi) is 128. The Morgan fingerprint density at radius 2 is 1.25 bits per heavy atom. The van der Waals surface area contributed by atoms with Crippen LogP contribution in [0.2, 0.25) is 0 Å². The number of hydrogen-bond donors (Lipinski definition) is 0. The third-order valence-electron chi connectivity index (χ3n) is 0. The minimum atomic E-state index is 0. The van der Waals surface area contributed by atoms with Crippen molar-refractivity contribution in [1.82, 2.24) is 0 Å². The van der Waals surface area contributed by atoms with Gasteiger partial charge in [0.2, 0.25) is 0 Å². The average Bonchev–Trinajstić information content (AvgIpc) is 0. The molecule has 0 rings (SSSR count). The Bertz CT molecular complexity index is 11.6. The van der Waals surface area contributed by atoms with E-state index in [1.165, 1.54) is 0 Å². The molecule has 0 aromatic rings. The molecule has 23 valence electrons. The van der Waals surface area contributed by atoms with Gasteiger partial charge in [-0.05, 0) is 0 Å². The van der Waals surface area contributed by atoms with Crippen LogP contribution in [0, 0.1) is 0 Å². The van der Waals surface area contributed by atoms with Crippen molar-refractivity contribution in [2.45, 2.75) is 0 Å². The van der Waals surface area contributed by atoms with E-state index >= 15 is 0 Å². The number of rotatable bonds is 0. The van der Waals surface area contributed by atoms with Crippen molar-refractivity contribution in [3.05, 3.63) is 0 Å². The van der Waals surface area contributed by atoms with Crippen LogP contribution in [0.1, 0.15) is 1.43 Å². The molecule has 0 amide bonds. The summed E-state index contributed by atoms with van der Waals surface area (Å²) in [6.07, 6.45) is 0. The molecule has 0 fully saturated rings. The molecule has 0 heterocycles. The summed E-state index contributed by atoms with van der Waals surface area (Å²) in [6.45, 7) is 0. The first-order valence-electron chi connectivity index (χ1n) is 0. The summed E-state index contributed by atoms with van der Waals surface area (Å²) in [4.78, 5) is 0. The van der Waals surface area contributed by atoms with Gasteiger partial charge < -0.3 is 1.43 Å². The zero-order valence-electron chi connectivity index (χ0n) is 3.19. The quantitative estimate of drug-likeness (QED) is 0.356. The monoisotopic (exact) mass is 185 g/mol. The third kappa shape index (κ3) is 8.83. The van der Waals surface area contributed by atoms with E-state index in [0.29, 0.717) is 0 Å². The van der Waals surface area contributed by atoms with Gasteiger partial charge in [-0.15, -0.1) is 0 Å². The maximum absolute atomic E-state index is 0. The maximum atomic E-state index is 0. The molecule has 0 bridgehead atoms. The predicted molar refractivity (Wildman–Crippen MR) is 1.11 cm³/mol. The molecule has 4 heteroatoms. The van der Waals surface area contributed by atoms with E-state index < -0.39 is 0 Å². The van der Waals surface area contributed by atoms with Crippen molar-refractivity contribution >= 4 is 0 Å². The van der Waals surface area contributed by atoms with Crippen LogP contribution >= 0.6 is 0 Å². The molecule has 0 saturated carbocycles. The summed E-state index contributed by atoms with van der Waals surface area (Å²) in [7, 11) is 0. The van der Waals surface area contributed by atoms with Gasteiger partial charge in [-0.1, -0.05) is 0 Å². The second kappa shape index (κ2) is 17.2. The first-order chi connectivity index (χ1) is 0. The molecule has 0 aliphatic rings. The molecule has 0 aromatic carbocycles. The van der Waals surface area contributed by atoms with Gasteiger partial charge in [-0.25, -0.2) is 0 Å². The van der Waals surface area contributed by atoms with Gasteiger partial charge in [0.1, 0.15) is 0 Å². The van der Waals surface area contributed by atoms with Crippen LogP contribution in [0.3, 0.4) is 0 Å². The molecule has 4 heavy (non-hydrogen) atoms. The van der Waals surface area contributed by atoms with Crippen LogP contribution in [-0.2, 0) is 55.3 Å². The zero-order valence-corrected chi connectivity index (χ0v) is 7.92. The van der Waals surface area contributed by atoms with Crippen molar-refractivity contribution in [3.63, 3.8) is 0 Å². The molecule has 1 radical (unpaired) electrons. The first-order valence-corrected chi connectivity index (χ1v) is 0. The van der Waals surface area contributed by atoms with Crippen molar-refractivity contribution < 1.29 is 86.3 Å². The predicted octanol–water partition coefficient (Wildman–Crippen LogP) is -2.89. The van der Waals surface area contributed by atoms with Crippen LogP contribution in [0.4, 0.5) is 0 Å². The van der Waals surface area contributed by atoms with Crippen LogP contribution in [-0.4, -0.2) is 0 Å². The van der Waals surface area contributed by atoms with Crippen LogP contribution in [0.15, 0.2) is 0 Å². The molecule has 0 aliphatic heterocycles. The maximum Gasteiger partial charge on any atom is 1.00 e. The summed E-state index contributed by atoms with van der Waals surface area (Å²) < 4.78 is 0. The third-order valence-corrected chi connectivity index (χ3v) is 0. The minimum Gasteiger partial charge on any atom is -1.00 e. The minimum absolute atomic E-state index is 0. The molecule has 0 unspecified atom stereocenters. The van der Waals surface area contributed by atoms with Crippen molar-refractivity contribution in [1.29, 1.82) is 0 Å². The van der Waals surface area contributed by atoms with Crippen LogP contribution < -0.4 is 29.6 Å². The Morgan fingerprint density at radius 3 is 1.25 bits per heavy atom. The number of hydrogen-bond acceptors (Lipinski definition) is 0. The second-order valence-electron chi connectivity index (χ2n) is 0. The second-order valence-corrected chi connectivity index (χ2v) is 0. The van der Waals surface area contributed by atoms with Crippen LogP contribution in [0.25, 0.3) is 0 Å². The Balaban J connectivity index is 0. The fourth-order valence-electron chi connectivity index (χ4n) is 0. The normalized spacial score (nSPS) is 0. The molecule has 0 spiro atoms. The van der Waals surface area contributed by atoms with Crippen molar-refractivity contribution in [2.24, 2.45) is 0 Å². The standard InChI is InChI=1S/Mn.Na.Ni.Ti.H/q;+1;;;-1. The van der Waals surface area contributed by atoms with Gasteiger partial charge in [-0.2, -0.15) is 0 Å². The molecular formula is HMnNaNiTi. The Morgan fingerprint density at radius 1 is 1.25 bits per heavy atom. The van der Waals surface area contributed by atoms with E-state index in [2.05, 4.69) is 0 Å². The van der Waals surface area contributed by atoms with E-state index in [1.54, 1.807) is 0 Å². The smallest absolute Gasteiger partial charge is 1.00 e. The zero-order chi connectivity index (χ0) is 0. The van der Waals surface area contributed by atoms with E-state index in [0.717, 1.165) is 0 Å². The summed E-state index contributed by atoms with van der Waals surface area (Å²) in [5, 5.41) is 0. The van der Waals surface area contributed by atoms with Gasteiger partial charge in [0.15, 0.2) is 0 Å². The van der Waals surface area contributed by atoms with E-state index in [4.69, 9.17) is 0 Å². The van der Waals surface area contributed by atoms with Crippen molar-refractivity contribution in [2.75, 3.05) is 0 Å². The molecule has 0 N–H and O–H groups in total. The molecule has 0 nitrogen and oxygen atoms in total. The largest absolute Gasteiger partial charge is 1.00 e. The summed E-state index contributed by atoms with van der Waals surface area (Å²) >= 11 is 0. The average molecular weight is 185 g/mol. The van der Waals surface area contributed by atoms with Gasteiger partial charge in [0.05, 0.1) is 0 Å². The molecular weight excluding hydrogens is 184 g/mol. The molecule has 0 saturated heterocycles. The molecule has 0 aromatic heterocycles. The summed E-state index contributed by atoms with van der Waals surface area (Å²) in [5.41, 5.74) is 0. The molecule has 0 atom stereocenters. The van der Waals surface area contributed by atoms with Gasteiger partial charge in [-0.3, -0.25) is 0 Å². The first kappa shape index (κ1) is 29.7. The fourth-order valence-corrected chi connectivity index (χ4v) is 0. The Labute approximate surface area is 84.9 Å². The van der Waals surface area contributed by atoms with Crippen molar-refractivity contribution in [3.8, 4) is 0 Å². The van der Waals surface area contributed by atoms with Crippen LogP contribution in [0.5, 0.6) is 0 Å². The van der Waals surface area contributed by atoms with Gasteiger partial charge >= 0.3 is 29.6 Å². The summed E-state index contributed by atoms with van der Waals surface area (Å²) in [6, 6.07) is 0. The molecule has 0 aliphatic carbocycles. The Hall–Kier alpha value is 2.73. The SMILES string of the molecule is [H-].[Mn].[Na+].[Ni].[Ti]. The van der Waals surface area contributed by atoms with E-state index in [-0.39, 0.29) is 86.3 Å². The van der Waals surface area contributed by atoms with E-state index in [9.17, 15) is 0 Å². The fraction of sp³-hybridized carbons (Fsp3) is 0.